The molecule has 0 atom stereocenters. The van der Waals surface area contributed by atoms with Crippen LogP contribution < -0.4 is 5.73 Å². The largest absolute Gasteiger partial charge is 0.330 e. The Kier molecular flexibility index (Phi) is 14.6. The molecule has 0 saturated carbocycles. The summed E-state index contributed by atoms with van der Waals surface area (Å²) in [6, 6.07) is 0. The van der Waals surface area contributed by atoms with Crippen LogP contribution in [0.3, 0.4) is 0 Å². The van der Waals surface area contributed by atoms with Gasteiger partial charge in [0.25, 0.3) is 0 Å². The molecule has 0 aliphatic heterocycles. The van der Waals surface area contributed by atoms with Gasteiger partial charge in [-0.15, -0.1) is 0 Å². The topological polar surface area (TPSA) is 26.0 Å². The second kappa shape index (κ2) is 14.3. The average molecular weight is 231 g/mol. The van der Waals surface area contributed by atoms with Crippen LogP contribution in [0, 0.1) is 0 Å². The SMILES string of the molecule is CCCCCCCCCCCSCCN. The maximum atomic E-state index is 5.43. The van der Waals surface area contributed by atoms with Gasteiger partial charge in [-0.2, -0.15) is 11.8 Å². The molecular weight excluding hydrogens is 202 g/mol. The van der Waals surface area contributed by atoms with Gasteiger partial charge in [0.2, 0.25) is 0 Å². The molecule has 0 heterocycles. The van der Waals surface area contributed by atoms with Gasteiger partial charge in [0, 0.05) is 12.3 Å². The van der Waals surface area contributed by atoms with Crippen LogP contribution >= 0.6 is 11.8 Å². The van der Waals surface area contributed by atoms with Crippen molar-refractivity contribution >= 4 is 11.8 Å². The van der Waals surface area contributed by atoms with E-state index in [-0.39, 0.29) is 0 Å². The summed E-state index contributed by atoms with van der Waals surface area (Å²) in [5.41, 5.74) is 5.43. The minimum absolute atomic E-state index is 0.835. The monoisotopic (exact) mass is 231 g/mol. The van der Waals surface area contributed by atoms with Gasteiger partial charge in [0.15, 0.2) is 0 Å². The van der Waals surface area contributed by atoms with Crippen LogP contribution in [0.15, 0.2) is 0 Å². The third kappa shape index (κ3) is 14.3. The summed E-state index contributed by atoms with van der Waals surface area (Å²) in [5.74, 6) is 2.45. The van der Waals surface area contributed by atoms with Gasteiger partial charge in [0.1, 0.15) is 0 Å². The van der Waals surface area contributed by atoms with E-state index in [1.807, 2.05) is 11.8 Å². The van der Waals surface area contributed by atoms with Gasteiger partial charge in [-0.3, -0.25) is 0 Å². The van der Waals surface area contributed by atoms with E-state index in [0.29, 0.717) is 0 Å². The highest BCUT2D eigenvalue weighted by atomic mass is 32.2. The Morgan fingerprint density at radius 3 is 1.80 bits per heavy atom. The second-order valence-electron chi connectivity index (χ2n) is 4.23. The Morgan fingerprint density at radius 2 is 1.27 bits per heavy atom. The lowest BCUT2D eigenvalue weighted by molar-refractivity contribution is 0.573. The zero-order valence-corrected chi connectivity index (χ0v) is 11.3. The molecule has 1 nitrogen and oxygen atoms in total. The summed E-state index contributed by atoms with van der Waals surface area (Å²) in [4.78, 5) is 0. The van der Waals surface area contributed by atoms with Gasteiger partial charge in [-0.1, -0.05) is 58.3 Å². The molecule has 2 heteroatoms. The normalized spacial score (nSPS) is 10.8. The fraction of sp³-hybridized carbons (Fsp3) is 1.00. The predicted molar refractivity (Wildman–Crippen MR) is 73.6 cm³/mol. The third-order valence-corrected chi connectivity index (χ3v) is 3.76. The fourth-order valence-corrected chi connectivity index (χ4v) is 2.48. The number of nitrogens with two attached hydrogens (primary N) is 1. The highest BCUT2D eigenvalue weighted by molar-refractivity contribution is 7.99. The number of rotatable bonds is 12. The summed E-state index contributed by atoms with van der Waals surface area (Å²) in [6.07, 6.45) is 12.8. The number of unbranched alkanes of at least 4 members (excludes halogenated alkanes) is 8. The summed E-state index contributed by atoms with van der Waals surface area (Å²) < 4.78 is 0. The fourth-order valence-electron chi connectivity index (χ4n) is 1.70. The highest BCUT2D eigenvalue weighted by Gasteiger charge is 1.92. The molecule has 92 valence electrons. The van der Waals surface area contributed by atoms with E-state index in [2.05, 4.69) is 6.92 Å². The predicted octanol–water partition coefficient (Wildman–Crippen LogP) is 4.21. The van der Waals surface area contributed by atoms with Gasteiger partial charge in [-0.05, 0) is 12.2 Å². The Balaban J connectivity index is 2.81. The first-order valence-electron chi connectivity index (χ1n) is 6.69. The quantitative estimate of drug-likeness (QED) is 0.509. The maximum Gasteiger partial charge on any atom is 0.00558 e. The molecule has 0 aromatic heterocycles. The molecule has 0 aliphatic rings. The van der Waals surface area contributed by atoms with Crippen LogP contribution in [-0.2, 0) is 0 Å². The van der Waals surface area contributed by atoms with Crippen molar-refractivity contribution in [1.29, 1.82) is 0 Å². The first kappa shape index (κ1) is 15.3. The van der Waals surface area contributed by atoms with Crippen molar-refractivity contribution in [3.63, 3.8) is 0 Å². The van der Waals surface area contributed by atoms with E-state index < -0.39 is 0 Å². The van der Waals surface area contributed by atoms with Crippen molar-refractivity contribution in [1.82, 2.24) is 0 Å². The van der Waals surface area contributed by atoms with Crippen LogP contribution in [0.4, 0.5) is 0 Å². The minimum atomic E-state index is 0.835. The summed E-state index contributed by atoms with van der Waals surface area (Å²) >= 11 is 2.00. The van der Waals surface area contributed by atoms with E-state index in [4.69, 9.17) is 5.73 Å². The molecule has 0 radical (unpaired) electrons. The lowest BCUT2D eigenvalue weighted by Crippen LogP contribution is -2.01. The molecule has 0 spiro atoms. The van der Waals surface area contributed by atoms with Crippen LogP contribution in [-0.4, -0.2) is 18.1 Å². The van der Waals surface area contributed by atoms with Gasteiger partial charge in [0.05, 0.1) is 0 Å². The first-order valence-corrected chi connectivity index (χ1v) is 7.85. The van der Waals surface area contributed by atoms with Crippen molar-refractivity contribution in [3.05, 3.63) is 0 Å². The Labute approximate surface area is 101 Å². The van der Waals surface area contributed by atoms with Crippen molar-refractivity contribution < 1.29 is 0 Å². The van der Waals surface area contributed by atoms with Gasteiger partial charge in [-0.25, -0.2) is 0 Å². The van der Waals surface area contributed by atoms with Crippen molar-refractivity contribution in [3.8, 4) is 0 Å². The van der Waals surface area contributed by atoms with Crippen LogP contribution in [0.2, 0.25) is 0 Å². The second-order valence-corrected chi connectivity index (χ2v) is 5.45. The number of hydrogen-bond donors (Lipinski definition) is 1. The van der Waals surface area contributed by atoms with E-state index in [1.165, 1.54) is 63.5 Å². The van der Waals surface area contributed by atoms with Crippen LogP contribution in [0.5, 0.6) is 0 Å². The maximum absolute atomic E-state index is 5.43. The molecule has 0 amide bonds. The molecule has 2 N–H and O–H groups in total. The van der Waals surface area contributed by atoms with E-state index in [0.717, 1.165) is 12.3 Å². The zero-order valence-electron chi connectivity index (χ0n) is 10.5. The van der Waals surface area contributed by atoms with Crippen molar-refractivity contribution in [2.75, 3.05) is 18.1 Å². The van der Waals surface area contributed by atoms with E-state index >= 15 is 0 Å². The van der Waals surface area contributed by atoms with Crippen LogP contribution in [0.1, 0.15) is 64.7 Å². The van der Waals surface area contributed by atoms with Gasteiger partial charge < -0.3 is 5.73 Å². The van der Waals surface area contributed by atoms with E-state index in [1.54, 1.807) is 0 Å². The smallest absolute Gasteiger partial charge is 0.00558 e. The molecule has 0 saturated heterocycles. The molecule has 0 aliphatic carbocycles. The minimum Gasteiger partial charge on any atom is -0.330 e. The lowest BCUT2D eigenvalue weighted by Gasteiger charge is -2.01. The summed E-state index contributed by atoms with van der Waals surface area (Å²) in [7, 11) is 0. The molecular formula is C13H29NS. The lowest BCUT2D eigenvalue weighted by atomic mass is 10.1. The van der Waals surface area contributed by atoms with Crippen molar-refractivity contribution in [2.45, 2.75) is 64.7 Å². The van der Waals surface area contributed by atoms with Crippen LogP contribution in [0.25, 0.3) is 0 Å². The van der Waals surface area contributed by atoms with Crippen molar-refractivity contribution in [2.24, 2.45) is 5.73 Å². The zero-order chi connectivity index (χ0) is 11.2. The molecule has 0 bridgehead atoms. The number of hydrogen-bond acceptors (Lipinski definition) is 2. The third-order valence-electron chi connectivity index (χ3n) is 2.65. The highest BCUT2D eigenvalue weighted by Crippen LogP contribution is 2.11. The first-order chi connectivity index (χ1) is 7.41. The molecule has 0 rings (SSSR count). The molecule has 0 fully saturated rings. The Hall–Kier alpha value is 0.310. The van der Waals surface area contributed by atoms with Gasteiger partial charge >= 0.3 is 0 Å². The average Bonchev–Trinajstić information content (AvgIpc) is 2.26. The summed E-state index contributed by atoms with van der Waals surface area (Å²) in [5, 5.41) is 0. The standard InChI is InChI=1S/C13H29NS/c1-2-3-4-5-6-7-8-9-10-12-15-13-11-14/h2-14H2,1H3. The molecule has 0 aromatic rings. The van der Waals surface area contributed by atoms with E-state index in [9.17, 15) is 0 Å². The molecule has 0 unspecified atom stereocenters. The Bertz CT molecular complexity index is 94.7. The Morgan fingerprint density at radius 1 is 0.733 bits per heavy atom. The molecule has 15 heavy (non-hydrogen) atoms. The number of thioether (sulfide) groups is 1. The molecule has 0 aromatic carbocycles. The summed E-state index contributed by atoms with van der Waals surface area (Å²) in [6.45, 7) is 3.11.